The second-order valence-corrected chi connectivity index (χ2v) is 4.97. The fourth-order valence-electron chi connectivity index (χ4n) is 2.00. The van der Waals surface area contributed by atoms with Crippen LogP contribution in [-0.4, -0.2) is 22.8 Å². The van der Waals surface area contributed by atoms with Crippen molar-refractivity contribution in [2.75, 3.05) is 7.05 Å². The van der Waals surface area contributed by atoms with Gasteiger partial charge in [-0.3, -0.25) is 14.9 Å². The normalized spacial score (nSPS) is 10.7. The first kappa shape index (κ1) is 16.4. The molecule has 0 heterocycles. The summed E-state index contributed by atoms with van der Waals surface area (Å²) in [6.45, 7) is 0.144. The Bertz CT molecular complexity index is 759. The van der Waals surface area contributed by atoms with E-state index < -0.39 is 4.92 Å². The van der Waals surface area contributed by atoms with E-state index in [2.05, 4.69) is 0 Å². The van der Waals surface area contributed by atoms with Crippen LogP contribution in [0.4, 0.5) is 10.1 Å². The van der Waals surface area contributed by atoms with Gasteiger partial charge in [0.15, 0.2) is 0 Å². The lowest BCUT2D eigenvalue weighted by Crippen LogP contribution is -2.24. The van der Waals surface area contributed by atoms with Crippen molar-refractivity contribution in [3.05, 3.63) is 81.7 Å². The quantitative estimate of drug-likeness (QED) is 0.482. The van der Waals surface area contributed by atoms with E-state index >= 15 is 0 Å². The first-order chi connectivity index (χ1) is 11.0. The standard InChI is InChI=1S/C17H15FN2O3/c1-19(12-14-6-2-3-8-16(14)18)17(21)10-9-13-5-4-7-15(11-13)20(22)23/h2-11H,12H2,1H3/b10-9+. The summed E-state index contributed by atoms with van der Waals surface area (Å²) in [7, 11) is 1.56. The number of halogens is 1. The number of likely N-dealkylation sites (N-methyl/N-ethyl adjacent to an activating group) is 1. The van der Waals surface area contributed by atoms with Crippen molar-refractivity contribution in [2.24, 2.45) is 0 Å². The van der Waals surface area contributed by atoms with Crippen LogP contribution in [0.15, 0.2) is 54.6 Å². The van der Waals surface area contributed by atoms with E-state index in [0.717, 1.165) is 0 Å². The third kappa shape index (κ3) is 4.47. The van der Waals surface area contributed by atoms with Crippen molar-refractivity contribution in [1.82, 2.24) is 4.90 Å². The molecule has 1 amide bonds. The maximum atomic E-state index is 13.6. The van der Waals surface area contributed by atoms with Crippen LogP contribution in [-0.2, 0) is 11.3 Å². The zero-order chi connectivity index (χ0) is 16.8. The number of hydrogen-bond acceptors (Lipinski definition) is 3. The number of hydrogen-bond donors (Lipinski definition) is 0. The molecule has 0 fully saturated rings. The Hall–Kier alpha value is -3.02. The van der Waals surface area contributed by atoms with Crippen LogP contribution in [0.5, 0.6) is 0 Å². The highest BCUT2D eigenvalue weighted by Gasteiger charge is 2.09. The van der Waals surface area contributed by atoms with Crippen molar-refractivity contribution >= 4 is 17.7 Å². The van der Waals surface area contributed by atoms with E-state index in [1.807, 2.05) is 0 Å². The number of nitro groups is 1. The number of carbonyl (C=O) groups excluding carboxylic acids is 1. The van der Waals surface area contributed by atoms with Gasteiger partial charge in [0.25, 0.3) is 5.69 Å². The van der Waals surface area contributed by atoms with Crippen molar-refractivity contribution in [3.8, 4) is 0 Å². The predicted molar refractivity (Wildman–Crippen MR) is 85.0 cm³/mol. The molecule has 0 aliphatic heterocycles. The van der Waals surface area contributed by atoms with Gasteiger partial charge in [-0.15, -0.1) is 0 Å². The van der Waals surface area contributed by atoms with Gasteiger partial charge in [0.05, 0.1) is 4.92 Å². The zero-order valence-corrected chi connectivity index (χ0v) is 12.5. The van der Waals surface area contributed by atoms with Crippen LogP contribution >= 0.6 is 0 Å². The molecule has 5 nitrogen and oxygen atoms in total. The second-order valence-electron chi connectivity index (χ2n) is 4.97. The topological polar surface area (TPSA) is 63.5 Å². The average Bonchev–Trinajstić information content (AvgIpc) is 2.55. The lowest BCUT2D eigenvalue weighted by atomic mass is 10.2. The Morgan fingerprint density at radius 2 is 2.00 bits per heavy atom. The highest BCUT2D eigenvalue weighted by atomic mass is 19.1. The summed E-state index contributed by atoms with van der Waals surface area (Å²) >= 11 is 0. The molecule has 0 saturated carbocycles. The summed E-state index contributed by atoms with van der Waals surface area (Å²) in [5, 5.41) is 10.7. The summed E-state index contributed by atoms with van der Waals surface area (Å²) in [5.41, 5.74) is 0.929. The van der Waals surface area contributed by atoms with Crippen LogP contribution in [0.1, 0.15) is 11.1 Å². The van der Waals surface area contributed by atoms with Crippen LogP contribution in [0, 0.1) is 15.9 Å². The predicted octanol–water partition coefficient (Wildman–Crippen LogP) is 3.41. The largest absolute Gasteiger partial charge is 0.338 e. The molecular weight excluding hydrogens is 299 g/mol. The van der Waals surface area contributed by atoms with Gasteiger partial charge in [-0.2, -0.15) is 0 Å². The van der Waals surface area contributed by atoms with Crippen molar-refractivity contribution in [2.45, 2.75) is 6.54 Å². The molecular formula is C17H15FN2O3. The molecule has 23 heavy (non-hydrogen) atoms. The summed E-state index contributed by atoms with van der Waals surface area (Å²) in [5.74, 6) is -0.686. The molecule has 2 aromatic carbocycles. The van der Waals surface area contributed by atoms with Crippen molar-refractivity contribution in [3.63, 3.8) is 0 Å². The fourth-order valence-corrected chi connectivity index (χ4v) is 2.00. The highest BCUT2D eigenvalue weighted by molar-refractivity contribution is 5.91. The molecule has 0 N–H and O–H groups in total. The van der Waals surface area contributed by atoms with Crippen LogP contribution in [0.2, 0.25) is 0 Å². The first-order valence-electron chi connectivity index (χ1n) is 6.88. The zero-order valence-electron chi connectivity index (χ0n) is 12.5. The van der Waals surface area contributed by atoms with Crippen molar-refractivity contribution in [1.29, 1.82) is 0 Å². The number of nitro benzene ring substituents is 1. The van der Waals surface area contributed by atoms with Gasteiger partial charge >= 0.3 is 0 Å². The SMILES string of the molecule is CN(Cc1ccccc1F)C(=O)/C=C/c1cccc([N+](=O)[O-])c1. The fraction of sp³-hybridized carbons (Fsp3) is 0.118. The molecule has 0 aliphatic carbocycles. The number of benzene rings is 2. The number of non-ortho nitro benzene ring substituents is 1. The lowest BCUT2D eigenvalue weighted by molar-refractivity contribution is -0.384. The van der Waals surface area contributed by atoms with Crippen LogP contribution in [0.3, 0.4) is 0 Å². The smallest absolute Gasteiger partial charge is 0.270 e. The number of nitrogens with zero attached hydrogens (tertiary/aromatic N) is 2. The number of amides is 1. The van der Waals surface area contributed by atoms with Crippen LogP contribution < -0.4 is 0 Å². The van der Waals surface area contributed by atoms with E-state index in [4.69, 9.17) is 0 Å². The molecule has 2 aromatic rings. The van der Waals surface area contributed by atoms with E-state index in [-0.39, 0.29) is 24.0 Å². The molecule has 0 bridgehead atoms. The maximum absolute atomic E-state index is 13.6. The molecule has 0 spiro atoms. The minimum atomic E-state index is -0.497. The Kier molecular flexibility index (Phi) is 5.19. The number of rotatable bonds is 5. The summed E-state index contributed by atoms with van der Waals surface area (Å²) < 4.78 is 13.6. The van der Waals surface area contributed by atoms with E-state index in [0.29, 0.717) is 11.1 Å². The Balaban J connectivity index is 2.04. The Labute approximate surface area is 132 Å². The average molecular weight is 314 g/mol. The van der Waals surface area contributed by atoms with Gasteiger partial charge < -0.3 is 4.90 Å². The minimum absolute atomic E-state index is 0.0423. The number of carbonyl (C=O) groups is 1. The van der Waals surface area contributed by atoms with E-state index in [9.17, 15) is 19.3 Å². The maximum Gasteiger partial charge on any atom is 0.270 e. The first-order valence-corrected chi connectivity index (χ1v) is 6.88. The molecule has 0 radical (unpaired) electrons. The van der Waals surface area contributed by atoms with Gasteiger partial charge in [-0.05, 0) is 17.7 Å². The molecule has 0 aromatic heterocycles. The third-order valence-electron chi connectivity index (χ3n) is 3.24. The molecule has 0 aliphatic rings. The Morgan fingerprint density at radius 1 is 1.26 bits per heavy atom. The third-order valence-corrected chi connectivity index (χ3v) is 3.24. The molecule has 6 heteroatoms. The Morgan fingerprint density at radius 3 is 2.70 bits per heavy atom. The van der Waals surface area contributed by atoms with E-state index in [1.165, 1.54) is 35.3 Å². The second kappa shape index (κ2) is 7.31. The monoisotopic (exact) mass is 314 g/mol. The summed E-state index contributed by atoms with van der Waals surface area (Å²) in [4.78, 5) is 23.6. The summed E-state index contributed by atoms with van der Waals surface area (Å²) in [6.07, 6.45) is 2.80. The molecule has 0 saturated heterocycles. The highest BCUT2D eigenvalue weighted by Crippen LogP contribution is 2.14. The molecule has 0 unspecified atom stereocenters. The molecule has 0 atom stereocenters. The van der Waals surface area contributed by atoms with Gasteiger partial charge in [0.1, 0.15) is 5.82 Å². The van der Waals surface area contributed by atoms with Gasteiger partial charge in [-0.25, -0.2) is 4.39 Å². The van der Waals surface area contributed by atoms with Gasteiger partial charge in [0.2, 0.25) is 5.91 Å². The molecule has 2 rings (SSSR count). The van der Waals surface area contributed by atoms with Gasteiger partial charge in [0, 0.05) is 37.4 Å². The van der Waals surface area contributed by atoms with Crippen LogP contribution in [0.25, 0.3) is 6.08 Å². The van der Waals surface area contributed by atoms with Crippen molar-refractivity contribution < 1.29 is 14.1 Å². The minimum Gasteiger partial charge on any atom is -0.338 e. The van der Waals surface area contributed by atoms with Gasteiger partial charge in [-0.1, -0.05) is 30.3 Å². The molecule has 118 valence electrons. The lowest BCUT2D eigenvalue weighted by Gasteiger charge is -2.15. The van der Waals surface area contributed by atoms with E-state index in [1.54, 1.807) is 37.4 Å². The summed E-state index contributed by atoms with van der Waals surface area (Å²) in [6, 6.07) is 12.2.